The maximum Gasteiger partial charge on any atom is 0.143 e. The van der Waals surface area contributed by atoms with Crippen LogP contribution in [0, 0.1) is 17.1 Å². The summed E-state index contributed by atoms with van der Waals surface area (Å²) >= 11 is 0. The zero-order valence-corrected chi connectivity index (χ0v) is 8.46. The van der Waals surface area contributed by atoms with Gasteiger partial charge in [-0.1, -0.05) is 0 Å². The number of hydrogen-bond acceptors (Lipinski definition) is 2. The normalized spacial score (nSPS) is 10.2. The number of halogens is 1. The molecule has 0 saturated heterocycles. The number of aromatic amines is 1. The molecular formula is C12H9FN2O. The van der Waals surface area contributed by atoms with E-state index in [1.165, 1.54) is 6.07 Å². The summed E-state index contributed by atoms with van der Waals surface area (Å²) in [7, 11) is 0. The van der Waals surface area contributed by atoms with Crippen LogP contribution in [-0.2, 0) is 11.2 Å². The van der Waals surface area contributed by atoms with Crippen molar-refractivity contribution in [1.82, 2.24) is 4.98 Å². The Balaban J connectivity index is 2.58. The number of carbonyl (C=O) groups excluding carboxylic acids is 1. The lowest BCUT2D eigenvalue weighted by Gasteiger charge is -1.97. The van der Waals surface area contributed by atoms with Gasteiger partial charge in [0.15, 0.2) is 0 Å². The molecule has 0 aliphatic heterocycles. The SMILES string of the molecule is N#Cc1c(F)ccc2c(CCC=O)c[nH]c12. The average molecular weight is 216 g/mol. The molecule has 0 fully saturated rings. The highest BCUT2D eigenvalue weighted by atomic mass is 19.1. The minimum absolute atomic E-state index is 0.0230. The predicted octanol–water partition coefficient (Wildman–Crippen LogP) is 2.31. The van der Waals surface area contributed by atoms with E-state index in [9.17, 15) is 9.18 Å². The second kappa shape index (κ2) is 4.15. The van der Waals surface area contributed by atoms with E-state index in [1.807, 2.05) is 6.07 Å². The molecular weight excluding hydrogens is 207 g/mol. The Labute approximate surface area is 91.5 Å². The zero-order chi connectivity index (χ0) is 11.5. The number of nitriles is 1. The molecule has 16 heavy (non-hydrogen) atoms. The molecule has 1 N–H and O–H groups in total. The molecule has 3 nitrogen and oxygen atoms in total. The number of H-pyrrole nitrogens is 1. The third-order valence-electron chi connectivity index (χ3n) is 2.53. The Morgan fingerprint density at radius 2 is 2.31 bits per heavy atom. The third-order valence-corrected chi connectivity index (χ3v) is 2.53. The lowest BCUT2D eigenvalue weighted by atomic mass is 10.1. The van der Waals surface area contributed by atoms with Crippen LogP contribution in [0.5, 0.6) is 0 Å². The first-order valence-electron chi connectivity index (χ1n) is 4.90. The highest BCUT2D eigenvalue weighted by Gasteiger charge is 2.11. The first-order valence-corrected chi connectivity index (χ1v) is 4.90. The second-order valence-electron chi connectivity index (χ2n) is 3.48. The molecule has 2 rings (SSSR count). The number of hydrogen-bond donors (Lipinski definition) is 1. The van der Waals surface area contributed by atoms with Gasteiger partial charge in [-0.25, -0.2) is 4.39 Å². The number of benzene rings is 1. The minimum Gasteiger partial charge on any atom is -0.360 e. The van der Waals surface area contributed by atoms with Crippen molar-refractivity contribution in [2.75, 3.05) is 0 Å². The molecule has 2 aromatic rings. The molecule has 0 atom stereocenters. The van der Waals surface area contributed by atoms with Crippen molar-refractivity contribution in [3.63, 3.8) is 0 Å². The second-order valence-corrected chi connectivity index (χ2v) is 3.48. The van der Waals surface area contributed by atoms with Crippen LogP contribution in [0.3, 0.4) is 0 Å². The van der Waals surface area contributed by atoms with E-state index in [4.69, 9.17) is 5.26 Å². The van der Waals surface area contributed by atoms with Crippen molar-refractivity contribution in [3.05, 3.63) is 35.3 Å². The van der Waals surface area contributed by atoms with Crippen molar-refractivity contribution < 1.29 is 9.18 Å². The topological polar surface area (TPSA) is 56.6 Å². The summed E-state index contributed by atoms with van der Waals surface area (Å²) in [6, 6.07) is 4.74. The largest absolute Gasteiger partial charge is 0.360 e. The van der Waals surface area contributed by atoms with Gasteiger partial charge in [0.25, 0.3) is 0 Å². The Morgan fingerprint density at radius 3 is 3.00 bits per heavy atom. The summed E-state index contributed by atoms with van der Waals surface area (Å²) < 4.78 is 13.3. The van der Waals surface area contributed by atoms with E-state index in [0.29, 0.717) is 18.4 Å². The number of aldehydes is 1. The molecule has 0 spiro atoms. The molecule has 80 valence electrons. The van der Waals surface area contributed by atoms with Crippen LogP contribution in [0.4, 0.5) is 4.39 Å². The Morgan fingerprint density at radius 1 is 1.50 bits per heavy atom. The number of fused-ring (bicyclic) bond motifs is 1. The summed E-state index contributed by atoms with van der Waals surface area (Å²) in [5.41, 5.74) is 1.46. The lowest BCUT2D eigenvalue weighted by molar-refractivity contribution is -0.107. The fraction of sp³-hybridized carbons (Fsp3) is 0.167. The molecule has 0 bridgehead atoms. The molecule has 0 aliphatic rings. The van der Waals surface area contributed by atoms with E-state index in [1.54, 1.807) is 12.3 Å². The highest BCUT2D eigenvalue weighted by molar-refractivity contribution is 5.88. The van der Waals surface area contributed by atoms with Crippen molar-refractivity contribution in [2.24, 2.45) is 0 Å². The van der Waals surface area contributed by atoms with Gasteiger partial charge in [0.1, 0.15) is 23.7 Å². The van der Waals surface area contributed by atoms with Gasteiger partial charge in [0, 0.05) is 18.0 Å². The fourth-order valence-corrected chi connectivity index (χ4v) is 1.76. The molecule has 0 amide bonds. The molecule has 0 unspecified atom stereocenters. The molecule has 0 saturated carbocycles. The summed E-state index contributed by atoms with van der Waals surface area (Å²) in [4.78, 5) is 13.2. The maximum atomic E-state index is 13.3. The highest BCUT2D eigenvalue weighted by Crippen LogP contribution is 2.24. The van der Waals surface area contributed by atoms with Gasteiger partial charge in [-0.05, 0) is 24.1 Å². The third kappa shape index (κ3) is 1.57. The van der Waals surface area contributed by atoms with Gasteiger partial charge in [-0.2, -0.15) is 5.26 Å². The summed E-state index contributed by atoms with van der Waals surface area (Å²) in [5.74, 6) is -0.529. The molecule has 1 heterocycles. The smallest absolute Gasteiger partial charge is 0.143 e. The Kier molecular flexibility index (Phi) is 2.69. The minimum atomic E-state index is -0.529. The molecule has 0 radical (unpaired) electrons. The van der Waals surface area contributed by atoms with Gasteiger partial charge in [-0.3, -0.25) is 0 Å². The Bertz CT molecular complexity index is 580. The monoisotopic (exact) mass is 216 g/mol. The van der Waals surface area contributed by atoms with Crippen LogP contribution < -0.4 is 0 Å². The van der Waals surface area contributed by atoms with Crippen LogP contribution in [0.1, 0.15) is 17.5 Å². The van der Waals surface area contributed by atoms with Crippen LogP contribution in [0.15, 0.2) is 18.3 Å². The summed E-state index contributed by atoms with van der Waals surface area (Å²) in [5, 5.41) is 9.64. The molecule has 1 aromatic heterocycles. The number of rotatable bonds is 3. The van der Waals surface area contributed by atoms with Crippen LogP contribution in [-0.4, -0.2) is 11.3 Å². The number of carbonyl (C=O) groups is 1. The quantitative estimate of drug-likeness (QED) is 0.800. The number of nitrogens with zero attached hydrogens (tertiary/aromatic N) is 1. The van der Waals surface area contributed by atoms with Crippen molar-refractivity contribution in [1.29, 1.82) is 5.26 Å². The molecule has 4 heteroatoms. The molecule has 1 aromatic carbocycles. The fourth-order valence-electron chi connectivity index (χ4n) is 1.76. The number of aromatic nitrogens is 1. The van der Waals surface area contributed by atoms with E-state index >= 15 is 0 Å². The maximum absolute atomic E-state index is 13.3. The van der Waals surface area contributed by atoms with Crippen LogP contribution >= 0.6 is 0 Å². The van der Waals surface area contributed by atoms with E-state index in [0.717, 1.165) is 17.2 Å². The van der Waals surface area contributed by atoms with E-state index in [-0.39, 0.29) is 5.56 Å². The molecule has 0 aliphatic carbocycles. The van der Waals surface area contributed by atoms with Gasteiger partial charge in [0.05, 0.1) is 5.52 Å². The van der Waals surface area contributed by atoms with Gasteiger partial charge < -0.3 is 9.78 Å². The summed E-state index contributed by atoms with van der Waals surface area (Å²) in [6.45, 7) is 0. The Hall–Kier alpha value is -2.15. The predicted molar refractivity (Wildman–Crippen MR) is 57.4 cm³/mol. The number of nitrogens with one attached hydrogen (secondary N) is 1. The number of aryl methyl sites for hydroxylation is 1. The lowest BCUT2D eigenvalue weighted by Crippen LogP contribution is -1.87. The van der Waals surface area contributed by atoms with Crippen LogP contribution in [0.25, 0.3) is 10.9 Å². The van der Waals surface area contributed by atoms with Gasteiger partial charge >= 0.3 is 0 Å². The van der Waals surface area contributed by atoms with Crippen molar-refractivity contribution in [3.8, 4) is 6.07 Å². The van der Waals surface area contributed by atoms with Gasteiger partial charge in [0.2, 0.25) is 0 Å². The van der Waals surface area contributed by atoms with E-state index in [2.05, 4.69) is 4.98 Å². The van der Waals surface area contributed by atoms with Gasteiger partial charge in [-0.15, -0.1) is 0 Å². The van der Waals surface area contributed by atoms with Crippen molar-refractivity contribution in [2.45, 2.75) is 12.8 Å². The van der Waals surface area contributed by atoms with E-state index < -0.39 is 5.82 Å². The summed E-state index contributed by atoms with van der Waals surface area (Å²) in [6.07, 6.45) is 3.58. The first kappa shape index (κ1) is 10.4. The first-order chi connectivity index (χ1) is 7.77. The van der Waals surface area contributed by atoms with Crippen LogP contribution in [0.2, 0.25) is 0 Å². The standard InChI is InChI=1S/C12H9FN2O/c13-11-4-3-9-8(2-1-5-16)7-15-12(9)10(11)6-14/h3-5,7,15H,1-2H2. The zero-order valence-electron chi connectivity index (χ0n) is 8.46. The average Bonchev–Trinajstić information content (AvgIpc) is 2.69. The van der Waals surface area contributed by atoms with Crippen molar-refractivity contribution >= 4 is 17.2 Å².